The highest BCUT2D eigenvalue weighted by atomic mass is 19.4. The largest absolute Gasteiger partial charge is 0.416 e. The monoisotopic (exact) mass is 402 g/mol. The van der Waals surface area contributed by atoms with Gasteiger partial charge in [0.05, 0.1) is 17.0 Å². The number of alkyl halides is 3. The van der Waals surface area contributed by atoms with E-state index in [2.05, 4.69) is 11.1 Å². The van der Waals surface area contributed by atoms with Crippen molar-refractivity contribution in [2.24, 2.45) is 0 Å². The summed E-state index contributed by atoms with van der Waals surface area (Å²) in [5.74, 6) is -0.804. The number of aromatic nitrogens is 1. The van der Waals surface area contributed by atoms with Crippen LogP contribution in [0.3, 0.4) is 0 Å². The van der Waals surface area contributed by atoms with E-state index < -0.39 is 23.0 Å². The number of halogens is 4. The number of benzene rings is 2. The molecule has 0 saturated heterocycles. The Morgan fingerprint density at radius 3 is 2.34 bits per heavy atom. The Morgan fingerprint density at radius 1 is 1.03 bits per heavy atom. The topological polar surface area (TPSA) is 56.6 Å². The van der Waals surface area contributed by atoms with Gasteiger partial charge < -0.3 is 4.98 Å². The summed E-state index contributed by atoms with van der Waals surface area (Å²) in [5, 5.41) is 10.5. The molecule has 1 unspecified atom stereocenters. The molecule has 3 aromatic rings. The lowest BCUT2D eigenvalue weighted by Gasteiger charge is -2.23. The van der Waals surface area contributed by atoms with Gasteiger partial charge in [-0.2, -0.15) is 18.4 Å². The van der Waals surface area contributed by atoms with E-state index in [0.717, 1.165) is 17.5 Å². The van der Waals surface area contributed by atoms with Gasteiger partial charge in [-0.1, -0.05) is 19.1 Å². The average Bonchev–Trinajstić information content (AvgIpc) is 2.67. The van der Waals surface area contributed by atoms with E-state index >= 15 is 0 Å². The maximum absolute atomic E-state index is 14.2. The van der Waals surface area contributed by atoms with Gasteiger partial charge in [0.15, 0.2) is 0 Å². The number of fused-ring (bicyclic) bond motifs is 1. The van der Waals surface area contributed by atoms with Crippen LogP contribution in [0.2, 0.25) is 0 Å². The van der Waals surface area contributed by atoms with Crippen LogP contribution in [0.25, 0.3) is 10.9 Å². The molecule has 1 N–H and O–H groups in total. The number of hydrogen-bond donors (Lipinski definition) is 1. The van der Waals surface area contributed by atoms with Gasteiger partial charge in [0, 0.05) is 11.1 Å². The predicted octanol–water partition coefficient (Wildman–Crippen LogP) is 5.27. The minimum atomic E-state index is -4.61. The standard InChI is InChI=1S/C22H18F4N2O/c1-3-13-8-14-4-5-16(10-19(14)28-20(13)29)21(2,12-27)11-15-9-17(22(24,25)26)6-7-18(15)23/h4-10H,3,11H2,1-2H3,(H,28,29). The fraction of sp³-hybridized carbons (Fsp3) is 0.273. The molecule has 150 valence electrons. The normalized spacial score (nSPS) is 13.8. The number of H-pyrrole nitrogens is 1. The van der Waals surface area contributed by atoms with Crippen LogP contribution in [0.15, 0.2) is 47.3 Å². The van der Waals surface area contributed by atoms with Crippen LogP contribution in [-0.2, 0) is 24.4 Å². The van der Waals surface area contributed by atoms with Crippen molar-refractivity contribution in [3.8, 4) is 6.07 Å². The lowest BCUT2D eigenvalue weighted by molar-refractivity contribution is -0.137. The molecular weight excluding hydrogens is 384 g/mol. The van der Waals surface area contributed by atoms with E-state index in [9.17, 15) is 27.6 Å². The van der Waals surface area contributed by atoms with Crippen molar-refractivity contribution in [2.75, 3.05) is 0 Å². The highest BCUT2D eigenvalue weighted by Gasteiger charge is 2.33. The first-order chi connectivity index (χ1) is 13.6. The van der Waals surface area contributed by atoms with Crippen LogP contribution in [0, 0.1) is 17.1 Å². The van der Waals surface area contributed by atoms with Gasteiger partial charge in [0.1, 0.15) is 5.82 Å². The molecule has 0 aliphatic heterocycles. The molecule has 0 radical (unpaired) electrons. The molecule has 29 heavy (non-hydrogen) atoms. The third kappa shape index (κ3) is 4.02. The van der Waals surface area contributed by atoms with Gasteiger partial charge in [0.2, 0.25) is 0 Å². The predicted molar refractivity (Wildman–Crippen MR) is 102 cm³/mol. The quantitative estimate of drug-likeness (QED) is 0.604. The highest BCUT2D eigenvalue weighted by molar-refractivity contribution is 5.80. The van der Waals surface area contributed by atoms with Gasteiger partial charge in [-0.25, -0.2) is 4.39 Å². The van der Waals surface area contributed by atoms with E-state index in [4.69, 9.17) is 0 Å². The molecule has 1 atom stereocenters. The number of nitrogens with zero attached hydrogens (tertiary/aromatic N) is 1. The van der Waals surface area contributed by atoms with Crippen molar-refractivity contribution in [1.82, 2.24) is 4.98 Å². The number of rotatable bonds is 4. The van der Waals surface area contributed by atoms with Gasteiger partial charge in [-0.05, 0) is 66.6 Å². The van der Waals surface area contributed by atoms with E-state index in [1.807, 2.05) is 6.92 Å². The fourth-order valence-corrected chi connectivity index (χ4v) is 3.33. The minimum absolute atomic E-state index is 0.196. The number of nitrogens with one attached hydrogen (secondary N) is 1. The van der Waals surface area contributed by atoms with Gasteiger partial charge in [-0.3, -0.25) is 4.79 Å². The van der Waals surface area contributed by atoms with Crippen LogP contribution in [0.5, 0.6) is 0 Å². The van der Waals surface area contributed by atoms with E-state index in [-0.39, 0.29) is 17.5 Å². The van der Waals surface area contributed by atoms with E-state index in [1.165, 1.54) is 6.92 Å². The van der Waals surface area contributed by atoms with Crippen LogP contribution in [-0.4, -0.2) is 4.98 Å². The molecule has 0 spiro atoms. The molecule has 0 fully saturated rings. The van der Waals surface area contributed by atoms with Crippen LogP contribution >= 0.6 is 0 Å². The van der Waals surface area contributed by atoms with Crippen molar-refractivity contribution in [1.29, 1.82) is 5.26 Å². The lowest BCUT2D eigenvalue weighted by Crippen LogP contribution is -2.24. The van der Waals surface area contributed by atoms with E-state index in [1.54, 1.807) is 24.3 Å². The summed E-state index contributed by atoms with van der Waals surface area (Å²) in [7, 11) is 0. The molecule has 3 rings (SSSR count). The second-order valence-corrected chi connectivity index (χ2v) is 7.20. The highest BCUT2D eigenvalue weighted by Crippen LogP contribution is 2.34. The van der Waals surface area contributed by atoms with Gasteiger partial charge in [-0.15, -0.1) is 0 Å². The van der Waals surface area contributed by atoms with Crippen LogP contribution in [0.1, 0.15) is 36.1 Å². The Bertz CT molecular complexity index is 1170. The fourth-order valence-electron chi connectivity index (χ4n) is 3.33. The first-order valence-electron chi connectivity index (χ1n) is 9.00. The maximum Gasteiger partial charge on any atom is 0.416 e. The van der Waals surface area contributed by atoms with Crippen molar-refractivity contribution >= 4 is 10.9 Å². The first-order valence-corrected chi connectivity index (χ1v) is 9.00. The molecule has 0 amide bonds. The summed E-state index contributed by atoms with van der Waals surface area (Å²) in [5.41, 5.74) is -1.08. The number of aromatic amines is 1. The lowest BCUT2D eigenvalue weighted by atomic mass is 9.78. The molecule has 0 aliphatic rings. The zero-order chi connectivity index (χ0) is 21.4. The summed E-state index contributed by atoms with van der Waals surface area (Å²) in [6.45, 7) is 3.40. The number of hydrogen-bond acceptors (Lipinski definition) is 2. The third-order valence-corrected chi connectivity index (χ3v) is 5.10. The third-order valence-electron chi connectivity index (χ3n) is 5.10. The zero-order valence-electron chi connectivity index (χ0n) is 15.8. The molecule has 0 aliphatic carbocycles. The smallest absolute Gasteiger partial charge is 0.322 e. The summed E-state index contributed by atoms with van der Waals surface area (Å²) in [6, 6.07) is 11.1. The number of aryl methyl sites for hydroxylation is 1. The Balaban J connectivity index is 2.06. The first kappa shape index (κ1) is 20.6. The second kappa shape index (κ2) is 7.36. The molecule has 0 saturated carbocycles. The Morgan fingerprint density at radius 2 is 1.72 bits per heavy atom. The SMILES string of the molecule is CCc1cc2ccc(C(C)(C#N)Cc3cc(C(F)(F)F)ccc3F)cc2[nH]c1=O. The Hall–Kier alpha value is -3.14. The van der Waals surface area contributed by atoms with Crippen LogP contribution < -0.4 is 5.56 Å². The molecule has 0 bridgehead atoms. The van der Waals surface area contributed by atoms with Gasteiger partial charge >= 0.3 is 6.18 Å². The summed E-state index contributed by atoms with van der Waals surface area (Å²) >= 11 is 0. The van der Waals surface area contributed by atoms with Crippen LogP contribution in [0.4, 0.5) is 17.6 Å². The Labute approximate surface area is 164 Å². The van der Waals surface area contributed by atoms with Crippen molar-refractivity contribution < 1.29 is 17.6 Å². The van der Waals surface area contributed by atoms with Crippen molar-refractivity contribution in [3.05, 3.63) is 80.9 Å². The molecule has 1 aromatic heterocycles. The molecule has 2 aromatic carbocycles. The average molecular weight is 402 g/mol. The second-order valence-electron chi connectivity index (χ2n) is 7.20. The maximum atomic E-state index is 14.2. The summed E-state index contributed by atoms with van der Waals surface area (Å²) in [6.07, 6.45) is -4.29. The number of pyridine rings is 1. The number of nitriles is 1. The van der Waals surface area contributed by atoms with Gasteiger partial charge in [0.25, 0.3) is 5.56 Å². The Kier molecular flexibility index (Phi) is 5.22. The molecule has 3 nitrogen and oxygen atoms in total. The summed E-state index contributed by atoms with van der Waals surface area (Å²) < 4.78 is 53.2. The zero-order valence-corrected chi connectivity index (χ0v) is 15.8. The minimum Gasteiger partial charge on any atom is -0.322 e. The summed E-state index contributed by atoms with van der Waals surface area (Å²) in [4.78, 5) is 14.8. The molecule has 1 heterocycles. The van der Waals surface area contributed by atoms with Crippen molar-refractivity contribution in [2.45, 2.75) is 38.3 Å². The van der Waals surface area contributed by atoms with Crippen molar-refractivity contribution in [3.63, 3.8) is 0 Å². The molecule has 7 heteroatoms. The van der Waals surface area contributed by atoms with E-state index in [0.29, 0.717) is 29.1 Å². The molecular formula is C22H18F4N2O.